The van der Waals surface area contributed by atoms with Gasteiger partial charge in [0.1, 0.15) is 0 Å². The van der Waals surface area contributed by atoms with Gasteiger partial charge in [-0.25, -0.2) is 9.59 Å². The van der Waals surface area contributed by atoms with Gasteiger partial charge in [0.2, 0.25) is 5.91 Å². The minimum absolute atomic E-state index is 0.0231. The maximum absolute atomic E-state index is 11.7. The number of carbonyl (C=O) groups excluding carboxylic acids is 2. The highest BCUT2D eigenvalue weighted by atomic mass is 16.5. The van der Waals surface area contributed by atoms with Crippen LogP contribution in [-0.4, -0.2) is 66.8 Å². The summed E-state index contributed by atoms with van der Waals surface area (Å²) in [5.41, 5.74) is 0. The molecule has 1 aliphatic rings. The predicted octanol–water partition coefficient (Wildman–Crippen LogP) is -0.356. The van der Waals surface area contributed by atoms with Gasteiger partial charge < -0.3 is 15.2 Å². The lowest BCUT2D eigenvalue weighted by atomic mass is 10.1. The Kier molecular flexibility index (Phi) is 7.10. The summed E-state index contributed by atoms with van der Waals surface area (Å²) >= 11 is 0. The van der Waals surface area contributed by atoms with Crippen LogP contribution in [0.5, 0.6) is 0 Å². The number of carbonyl (C=O) groups is 3. The van der Waals surface area contributed by atoms with Crippen LogP contribution in [0.25, 0.3) is 0 Å². The van der Waals surface area contributed by atoms with Gasteiger partial charge in [-0.05, 0) is 12.3 Å². The lowest BCUT2D eigenvalue weighted by molar-refractivity contribution is -0.156. The Hall–Kier alpha value is -1.67. The zero-order valence-corrected chi connectivity index (χ0v) is 12.4. The van der Waals surface area contributed by atoms with E-state index in [2.05, 4.69) is 10.6 Å². The first-order valence-electron chi connectivity index (χ1n) is 7.03. The summed E-state index contributed by atoms with van der Waals surface area (Å²) in [7, 11) is 0. The van der Waals surface area contributed by atoms with Gasteiger partial charge >= 0.3 is 12.0 Å². The minimum Gasteiger partial charge on any atom is -0.479 e. The van der Waals surface area contributed by atoms with E-state index < -0.39 is 24.0 Å². The zero-order valence-electron chi connectivity index (χ0n) is 12.4. The van der Waals surface area contributed by atoms with Gasteiger partial charge in [0.05, 0.1) is 13.2 Å². The number of nitrogens with one attached hydrogen (secondary N) is 2. The van der Waals surface area contributed by atoms with Gasteiger partial charge in [-0.1, -0.05) is 13.8 Å². The summed E-state index contributed by atoms with van der Waals surface area (Å²) in [6.45, 7) is 5.43. The molecule has 8 heteroatoms. The number of carboxylic acid groups (broad SMARTS) is 1. The first kappa shape index (κ1) is 17.4. The molecule has 1 atom stereocenters. The van der Waals surface area contributed by atoms with E-state index in [1.165, 1.54) is 0 Å². The molecule has 1 heterocycles. The van der Waals surface area contributed by atoms with Crippen LogP contribution in [0.3, 0.4) is 0 Å². The fourth-order valence-corrected chi connectivity index (χ4v) is 1.88. The van der Waals surface area contributed by atoms with Crippen LogP contribution in [0.1, 0.15) is 20.3 Å². The molecule has 8 nitrogen and oxygen atoms in total. The van der Waals surface area contributed by atoms with Crippen molar-refractivity contribution >= 4 is 17.9 Å². The maximum atomic E-state index is 11.7. The van der Waals surface area contributed by atoms with Crippen molar-refractivity contribution in [1.82, 2.24) is 15.5 Å². The van der Waals surface area contributed by atoms with E-state index in [1.54, 1.807) is 4.90 Å². The third kappa shape index (κ3) is 7.05. The summed E-state index contributed by atoms with van der Waals surface area (Å²) in [5, 5.41) is 13.7. The number of carboxylic acids is 1. The first-order valence-corrected chi connectivity index (χ1v) is 7.03. The number of imide groups is 1. The molecule has 0 aromatic carbocycles. The van der Waals surface area contributed by atoms with Crippen molar-refractivity contribution < 1.29 is 24.2 Å². The van der Waals surface area contributed by atoms with Crippen molar-refractivity contribution in [2.24, 2.45) is 5.92 Å². The zero-order chi connectivity index (χ0) is 15.8. The summed E-state index contributed by atoms with van der Waals surface area (Å²) in [6.07, 6.45) is -0.0860. The van der Waals surface area contributed by atoms with E-state index in [4.69, 9.17) is 9.84 Å². The Balaban J connectivity index is 2.26. The lowest BCUT2D eigenvalue weighted by Crippen LogP contribution is -2.51. The fraction of sp³-hybridized carbons (Fsp3) is 0.769. The molecule has 1 saturated heterocycles. The van der Waals surface area contributed by atoms with Crippen molar-refractivity contribution in [3.63, 3.8) is 0 Å². The average molecular weight is 301 g/mol. The van der Waals surface area contributed by atoms with Crippen molar-refractivity contribution in [3.05, 3.63) is 0 Å². The topological polar surface area (TPSA) is 108 Å². The van der Waals surface area contributed by atoms with Crippen LogP contribution in [0.2, 0.25) is 0 Å². The highest BCUT2D eigenvalue weighted by Gasteiger charge is 2.27. The second-order valence-electron chi connectivity index (χ2n) is 5.42. The fourth-order valence-electron chi connectivity index (χ4n) is 1.88. The predicted molar refractivity (Wildman–Crippen MR) is 74.8 cm³/mol. The van der Waals surface area contributed by atoms with Gasteiger partial charge in [-0.3, -0.25) is 15.0 Å². The Labute approximate surface area is 123 Å². The third-order valence-corrected chi connectivity index (χ3v) is 3.05. The van der Waals surface area contributed by atoms with Crippen molar-refractivity contribution in [1.29, 1.82) is 0 Å². The number of rotatable bonds is 6. The third-order valence-electron chi connectivity index (χ3n) is 3.05. The second-order valence-corrected chi connectivity index (χ2v) is 5.42. The van der Waals surface area contributed by atoms with Crippen LogP contribution in [0.15, 0.2) is 0 Å². The standard InChI is InChI=1S/C13H23N3O5/c1-9(2)3-4-14-13(20)15-11(17)8-16-5-6-21-10(7-16)12(18)19/h9-10H,3-8H2,1-2H3,(H,18,19)(H2,14,15,17,20). The van der Waals surface area contributed by atoms with Gasteiger partial charge in [0.15, 0.2) is 6.10 Å². The molecule has 0 radical (unpaired) electrons. The first-order chi connectivity index (χ1) is 9.88. The molecule has 1 rings (SSSR count). The van der Waals surface area contributed by atoms with Crippen LogP contribution in [-0.2, 0) is 14.3 Å². The normalized spacial score (nSPS) is 19.3. The quantitative estimate of drug-likeness (QED) is 0.618. The smallest absolute Gasteiger partial charge is 0.334 e. The average Bonchev–Trinajstić information content (AvgIpc) is 2.38. The highest BCUT2D eigenvalue weighted by Crippen LogP contribution is 2.04. The summed E-state index contributed by atoms with van der Waals surface area (Å²) in [6, 6.07) is -0.524. The summed E-state index contributed by atoms with van der Waals surface area (Å²) < 4.78 is 5.06. The number of hydrogen-bond acceptors (Lipinski definition) is 5. The van der Waals surface area contributed by atoms with Crippen LogP contribution >= 0.6 is 0 Å². The van der Waals surface area contributed by atoms with Crippen LogP contribution in [0.4, 0.5) is 4.79 Å². The molecule has 3 amide bonds. The molecule has 1 aliphatic heterocycles. The molecule has 120 valence electrons. The summed E-state index contributed by atoms with van der Waals surface area (Å²) in [5.74, 6) is -1.03. The van der Waals surface area contributed by atoms with E-state index in [-0.39, 0.29) is 19.7 Å². The molecule has 0 aromatic rings. The molecule has 0 spiro atoms. The van der Waals surface area contributed by atoms with Gasteiger partial charge in [0, 0.05) is 19.6 Å². The molecule has 1 fully saturated rings. The molecular weight excluding hydrogens is 278 g/mol. The number of amides is 3. The van der Waals surface area contributed by atoms with Crippen molar-refractivity contribution in [2.45, 2.75) is 26.4 Å². The van der Waals surface area contributed by atoms with Crippen LogP contribution in [0, 0.1) is 5.92 Å². The van der Waals surface area contributed by atoms with Crippen molar-refractivity contribution in [3.8, 4) is 0 Å². The summed E-state index contributed by atoms with van der Waals surface area (Å²) in [4.78, 5) is 35.6. The van der Waals surface area contributed by atoms with Gasteiger partial charge in [0.25, 0.3) is 0 Å². The van der Waals surface area contributed by atoms with Crippen molar-refractivity contribution in [2.75, 3.05) is 32.8 Å². The maximum Gasteiger partial charge on any atom is 0.334 e. The Bertz CT molecular complexity index is 386. The molecular formula is C13H23N3O5. The van der Waals surface area contributed by atoms with Gasteiger partial charge in [-0.15, -0.1) is 0 Å². The molecule has 0 aliphatic carbocycles. The second kappa shape index (κ2) is 8.58. The molecule has 3 N–H and O–H groups in total. The number of morpholine rings is 1. The van der Waals surface area contributed by atoms with Crippen LogP contribution < -0.4 is 10.6 Å². The molecule has 0 bridgehead atoms. The number of hydrogen-bond donors (Lipinski definition) is 3. The molecule has 0 saturated carbocycles. The number of nitrogens with zero attached hydrogens (tertiary/aromatic N) is 1. The number of ether oxygens (including phenoxy) is 1. The lowest BCUT2D eigenvalue weighted by Gasteiger charge is -2.29. The number of urea groups is 1. The SMILES string of the molecule is CC(C)CCNC(=O)NC(=O)CN1CCOC(C(=O)O)C1. The monoisotopic (exact) mass is 301 g/mol. The van der Waals surface area contributed by atoms with Gasteiger partial charge in [-0.2, -0.15) is 0 Å². The van der Waals surface area contributed by atoms with E-state index in [1.807, 2.05) is 13.8 Å². The molecule has 1 unspecified atom stereocenters. The Morgan fingerprint density at radius 1 is 1.38 bits per heavy atom. The Morgan fingerprint density at radius 3 is 2.71 bits per heavy atom. The number of aliphatic carboxylic acids is 1. The molecule has 0 aromatic heterocycles. The van der Waals surface area contributed by atoms with E-state index in [9.17, 15) is 14.4 Å². The van der Waals surface area contributed by atoms with E-state index in [0.29, 0.717) is 19.0 Å². The largest absolute Gasteiger partial charge is 0.479 e. The van der Waals surface area contributed by atoms with E-state index in [0.717, 1.165) is 6.42 Å². The molecule has 21 heavy (non-hydrogen) atoms. The Morgan fingerprint density at radius 2 is 2.10 bits per heavy atom. The highest BCUT2D eigenvalue weighted by molar-refractivity contribution is 5.95. The van der Waals surface area contributed by atoms with E-state index >= 15 is 0 Å². The minimum atomic E-state index is -1.05.